The number of thioether (sulfide) groups is 1. The van der Waals surface area contributed by atoms with E-state index in [1.807, 2.05) is 0 Å². The lowest BCUT2D eigenvalue weighted by Crippen LogP contribution is -2.26. The molecule has 1 amide bonds. The van der Waals surface area contributed by atoms with E-state index in [0.717, 1.165) is 21.7 Å². The van der Waals surface area contributed by atoms with Crippen LogP contribution in [0.25, 0.3) is 10.2 Å². The first-order valence-corrected chi connectivity index (χ1v) is 8.75. The van der Waals surface area contributed by atoms with Crippen molar-refractivity contribution in [2.75, 3.05) is 12.3 Å². The number of aromatic nitrogens is 2. The second-order valence-electron chi connectivity index (χ2n) is 4.56. The molecule has 0 bridgehead atoms. The third kappa shape index (κ3) is 4.67. The minimum atomic E-state index is -0.915. The van der Waals surface area contributed by atoms with E-state index in [0.29, 0.717) is 12.2 Å². The Hall–Kier alpha value is -1.67. The largest absolute Gasteiger partial charge is 0.481 e. The molecule has 0 fully saturated rings. The summed E-state index contributed by atoms with van der Waals surface area (Å²) in [6.45, 7) is 2.27. The van der Waals surface area contributed by atoms with Gasteiger partial charge in [-0.05, 0) is 12.5 Å². The lowest BCUT2D eigenvalue weighted by molar-refractivity contribution is -0.136. The van der Waals surface area contributed by atoms with Crippen LogP contribution >= 0.6 is 23.1 Å². The van der Waals surface area contributed by atoms with Crippen LogP contribution in [0.4, 0.5) is 0 Å². The summed E-state index contributed by atoms with van der Waals surface area (Å²) in [5, 5.41) is 13.0. The fourth-order valence-corrected chi connectivity index (χ4v) is 3.72. The SMILES string of the molecule is CCc1cc2c(SCCC(=O)NCCC(=O)O)ncnc2s1. The summed E-state index contributed by atoms with van der Waals surface area (Å²) in [5.41, 5.74) is 0. The lowest BCUT2D eigenvalue weighted by atomic mass is 10.3. The van der Waals surface area contributed by atoms with Gasteiger partial charge in [-0.3, -0.25) is 9.59 Å². The molecule has 0 aliphatic carbocycles. The third-order valence-electron chi connectivity index (χ3n) is 2.92. The van der Waals surface area contributed by atoms with Gasteiger partial charge in [-0.25, -0.2) is 9.97 Å². The van der Waals surface area contributed by atoms with Gasteiger partial charge in [0.15, 0.2) is 0 Å². The van der Waals surface area contributed by atoms with Crippen LogP contribution in [0.5, 0.6) is 0 Å². The van der Waals surface area contributed by atoms with Gasteiger partial charge in [0, 0.05) is 29.0 Å². The highest BCUT2D eigenvalue weighted by atomic mass is 32.2. The van der Waals surface area contributed by atoms with Gasteiger partial charge in [-0.2, -0.15) is 0 Å². The molecule has 0 radical (unpaired) electrons. The summed E-state index contributed by atoms with van der Waals surface area (Å²) in [5.74, 6) is -0.455. The highest BCUT2D eigenvalue weighted by Crippen LogP contribution is 2.31. The average Bonchev–Trinajstić information content (AvgIpc) is 2.91. The number of nitrogens with one attached hydrogen (secondary N) is 1. The predicted molar refractivity (Wildman–Crippen MR) is 87.4 cm³/mol. The number of nitrogens with zero attached hydrogens (tertiary/aromatic N) is 2. The lowest BCUT2D eigenvalue weighted by Gasteiger charge is -2.04. The maximum Gasteiger partial charge on any atom is 0.305 e. The molecule has 22 heavy (non-hydrogen) atoms. The summed E-state index contributed by atoms with van der Waals surface area (Å²) in [4.78, 5) is 32.7. The molecule has 0 saturated carbocycles. The number of hydrogen-bond donors (Lipinski definition) is 2. The number of carbonyl (C=O) groups is 2. The quantitative estimate of drug-likeness (QED) is 0.566. The molecule has 2 N–H and O–H groups in total. The van der Waals surface area contributed by atoms with E-state index in [1.54, 1.807) is 17.7 Å². The van der Waals surface area contributed by atoms with Gasteiger partial charge in [-0.15, -0.1) is 23.1 Å². The molecule has 8 heteroatoms. The number of fused-ring (bicyclic) bond motifs is 1. The minimum Gasteiger partial charge on any atom is -0.481 e. The topological polar surface area (TPSA) is 92.2 Å². The van der Waals surface area contributed by atoms with Crippen LogP contribution in [0.2, 0.25) is 0 Å². The van der Waals surface area contributed by atoms with E-state index in [9.17, 15) is 9.59 Å². The van der Waals surface area contributed by atoms with Crippen molar-refractivity contribution >= 4 is 45.2 Å². The van der Waals surface area contributed by atoms with Gasteiger partial charge in [0.25, 0.3) is 0 Å². The molecule has 0 unspecified atom stereocenters. The first-order chi connectivity index (χ1) is 10.6. The second-order valence-corrected chi connectivity index (χ2v) is 6.75. The van der Waals surface area contributed by atoms with Crippen LogP contribution in [0.15, 0.2) is 17.4 Å². The first-order valence-electron chi connectivity index (χ1n) is 6.95. The monoisotopic (exact) mass is 339 g/mol. The zero-order valence-electron chi connectivity index (χ0n) is 12.2. The number of carbonyl (C=O) groups excluding carboxylic acids is 1. The van der Waals surface area contributed by atoms with Gasteiger partial charge in [-0.1, -0.05) is 6.92 Å². The van der Waals surface area contributed by atoms with Crippen LogP contribution in [-0.2, 0) is 16.0 Å². The minimum absolute atomic E-state index is 0.0554. The summed E-state index contributed by atoms with van der Waals surface area (Å²) >= 11 is 3.19. The molecule has 2 rings (SSSR count). The Morgan fingerprint density at radius 3 is 2.91 bits per heavy atom. The zero-order valence-corrected chi connectivity index (χ0v) is 13.8. The summed E-state index contributed by atoms with van der Waals surface area (Å²) in [6.07, 6.45) is 2.80. The Balaban J connectivity index is 1.85. The van der Waals surface area contributed by atoms with Crippen molar-refractivity contribution in [1.82, 2.24) is 15.3 Å². The molecule has 6 nitrogen and oxygen atoms in total. The van der Waals surface area contributed by atoms with Crippen LogP contribution in [0.3, 0.4) is 0 Å². The van der Waals surface area contributed by atoms with Gasteiger partial charge in [0.1, 0.15) is 16.2 Å². The van der Waals surface area contributed by atoms with Crippen LogP contribution in [0, 0.1) is 0 Å². The maximum absolute atomic E-state index is 11.6. The van der Waals surface area contributed by atoms with Gasteiger partial charge < -0.3 is 10.4 Å². The van der Waals surface area contributed by atoms with E-state index >= 15 is 0 Å². The summed E-state index contributed by atoms with van der Waals surface area (Å²) in [6, 6.07) is 2.11. The van der Waals surface area contributed by atoms with Gasteiger partial charge in [0.2, 0.25) is 5.91 Å². The molecule has 0 aromatic carbocycles. The molecule has 118 valence electrons. The van der Waals surface area contributed by atoms with Crippen LogP contribution < -0.4 is 5.32 Å². The standard InChI is InChI=1S/C14H17N3O3S2/c1-2-9-7-10-13(16-8-17-14(10)22-9)21-6-4-11(18)15-5-3-12(19)20/h7-8H,2-6H2,1H3,(H,15,18)(H,19,20). The van der Waals surface area contributed by atoms with E-state index in [4.69, 9.17) is 5.11 Å². The Labute approximate surface area is 136 Å². The van der Waals surface area contributed by atoms with Crippen LogP contribution in [0.1, 0.15) is 24.6 Å². The maximum atomic E-state index is 11.6. The molecule has 0 atom stereocenters. The van der Waals surface area contributed by atoms with Gasteiger partial charge in [0.05, 0.1) is 6.42 Å². The summed E-state index contributed by atoms with van der Waals surface area (Å²) in [7, 11) is 0. The number of carboxylic acid groups (broad SMARTS) is 1. The number of thiophene rings is 1. The highest BCUT2D eigenvalue weighted by molar-refractivity contribution is 7.99. The van der Waals surface area contributed by atoms with Crippen molar-refractivity contribution in [3.05, 3.63) is 17.3 Å². The molecule has 0 spiro atoms. The molecular weight excluding hydrogens is 322 g/mol. The highest BCUT2D eigenvalue weighted by Gasteiger charge is 2.09. The number of aliphatic carboxylic acids is 1. The molecule has 2 aromatic heterocycles. The molecule has 0 aliphatic heterocycles. The van der Waals surface area contributed by atoms with Crippen molar-refractivity contribution in [3.63, 3.8) is 0 Å². The third-order valence-corrected chi connectivity index (χ3v) is 5.12. The number of carboxylic acids is 1. The zero-order chi connectivity index (χ0) is 15.9. The van der Waals surface area contributed by atoms with Crippen molar-refractivity contribution in [1.29, 1.82) is 0 Å². The van der Waals surface area contributed by atoms with Crippen molar-refractivity contribution in [3.8, 4) is 0 Å². The van der Waals surface area contributed by atoms with E-state index in [1.165, 1.54) is 16.6 Å². The smallest absolute Gasteiger partial charge is 0.305 e. The molecular formula is C14H17N3O3S2. The van der Waals surface area contributed by atoms with E-state index in [2.05, 4.69) is 28.3 Å². The van der Waals surface area contributed by atoms with Gasteiger partial charge >= 0.3 is 5.97 Å². The molecule has 0 aliphatic rings. The van der Waals surface area contributed by atoms with E-state index in [-0.39, 0.29) is 18.9 Å². The molecule has 0 saturated heterocycles. The number of aryl methyl sites for hydroxylation is 1. The van der Waals surface area contributed by atoms with Crippen molar-refractivity contribution < 1.29 is 14.7 Å². The Kier molecular flexibility index (Phi) is 6.14. The number of hydrogen-bond acceptors (Lipinski definition) is 6. The average molecular weight is 339 g/mol. The Morgan fingerprint density at radius 2 is 2.18 bits per heavy atom. The normalized spacial score (nSPS) is 10.8. The fraction of sp³-hybridized carbons (Fsp3) is 0.429. The Morgan fingerprint density at radius 1 is 1.36 bits per heavy atom. The van der Waals surface area contributed by atoms with Crippen LogP contribution in [-0.4, -0.2) is 39.2 Å². The fourth-order valence-electron chi connectivity index (χ4n) is 1.81. The number of rotatable bonds is 8. The second kappa shape index (κ2) is 8.09. The van der Waals surface area contributed by atoms with E-state index < -0.39 is 5.97 Å². The Bertz CT molecular complexity index is 672. The summed E-state index contributed by atoms with van der Waals surface area (Å²) < 4.78 is 0. The van der Waals surface area contributed by atoms with Crippen molar-refractivity contribution in [2.24, 2.45) is 0 Å². The van der Waals surface area contributed by atoms with Crippen molar-refractivity contribution in [2.45, 2.75) is 31.2 Å². The first kappa shape index (κ1) is 16.7. The molecule has 2 heterocycles. The molecule has 2 aromatic rings. The number of amides is 1. The predicted octanol–water partition coefficient (Wildman–Crippen LogP) is 2.33.